The molecule has 0 aromatic heterocycles. The summed E-state index contributed by atoms with van der Waals surface area (Å²) in [5, 5.41) is 7.56. The molecule has 0 aliphatic carbocycles. The van der Waals surface area contributed by atoms with Crippen LogP contribution in [0, 0.1) is 0 Å². The molecule has 25 heavy (non-hydrogen) atoms. The number of carbonyl (C=O) groups is 1. The first-order valence-electron chi connectivity index (χ1n) is 7.75. The number of carbonyl (C=O) groups excluding carboxylic acids is 1. The molecule has 1 heterocycles. The molecule has 0 fully saturated rings. The van der Waals surface area contributed by atoms with E-state index in [1.165, 1.54) is 0 Å². The predicted octanol–water partition coefficient (Wildman–Crippen LogP) is 3.94. The number of amides is 1. The molecular formula is C18H16F3N3O. The van der Waals surface area contributed by atoms with Crippen molar-refractivity contribution < 1.29 is 18.0 Å². The van der Waals surface area contributed by atoms with Crippen LogP contribution >= 0.6 is 0 Å². The maximum Gasteiger partial charge on any atom is 0.471 e. The monoisotopic (exact) mass is 347 g/mol. The third-order valence-corrected chi connectivity index (χ3v) is 3.89. The average Bonchev–Trinajstić information content (AvgIpc) is 2.95. The smallest absolute Gasteiger partial charge is 0.305 e. The predicted molar refractivity (Wildman–Crippen MR) is 90.1 cm³/mol. The van der Waals surface area contributed by atoms with Crippen molar-refractivity contribution in [2.24, 2.45) is 5.10 Å². The molecule has 0 saturated heterocycles. The van der Waals surface area contributed by atoms with Gasteiger partial charge in [-0.25, -0.2) is 0 Å². The fourth-order valence-corrected chi connectivity index (χ4v) is 2.66. The zero-order chi connectivity index (χ0) is 18.0. The lowest BCUT2D eigenvalue weighted by molar-refractivity contribution is -0.171. The lowest BCUT2D eigenvalue weighted by atomic mass is 10.1. The second-order valence-electron chi connectivity index (χ2n) is 5.81. The number of halogens is 3. The Labute approximate surface area is 143 Å². The molecule has 1 aliphatic rings. The fourth-order valence-electron chi connectivity index (χ4n) is 2.66. The molecule has 2 aromatic carbocycles. The van der Waals surface area contributed by atoms with Crippen LogP contribution in [-0.2, 0) is 4.79 Å². The van der Waals surface area contributed by atoms with E-state index in [9.17, 15) is 18.0 Å². The Morgan fingerprint density at radius 2 is 1.68 bits per heavy atom. The molecule has 130 valence electrons. The first-order chi connectivity index (χ1) is 11.8. The highest BCUT2D eigenvalue weighted by molar-refractivity contribution is 6.02. The molecule has 0 bridgehead atoms. The SMILES string of the molecule is CC1CC(NC(=O)C(F)(F)F)=NN1c1ccc(-c2ccccc2)cc1. The quantitative estimate of drug-likeness (QED) is 0.894. The van der Waals surface area contributed by atoms with Crippen molar-refractivity contribution in [2.45, 2.75) is 25.6 Å². The van der Waals surface area contributed by atoms with Crippen LogP contribution in [0.4, 0.5) is 18.9 Å². The minimum Gasteiger partial charge on any atom is -0.305 e. The number of hydrogen-bond donors (Lipinski definition) is 1. The minimum atomic E-state index is -4.92. The zero-order valence-corrected chi connectivity index (χ0v) is 13.4. The number of alkyl halides is 3. The molecule has 1 unspecified atom stereocenters. The fraction of sp³-hybridized carbons (Fsp3) is 0.222. The van der Waals surface area contributed by atoms with E-state index in [-0.39, 0.29) is 18.3 Å². The maximum atomic E-state index is 12.3. The highest BCUT2D eigenvalue weighted by Crippen LogP contribution is 2.27. The van der Waals surface area contributed by atoms with Crippen LogP contribution in [0.15, 0.2) is 59.7 Å². The van der Waals surface area contributed by atoms with Crippen LogP contribution in [0.5, 0.6) is 0 Å². The van der Waals surface area contributed by atoms with Crippen LogP contribution in [-0.4, -0.2) is 24.0 Å². The average molecular weight is 347 g/mol. The van der Waals surface area contributed by atoms with Gasteiger partial charge in [0.25, 0.3) is 0 Å². The minimum absolute atomic E-state index is 0.0157. The summed E-state index contributed by atoms with van der Waals surface area (Å²) in [6, 6.07) is 17.3. The van der Waals surface area contributed by atoms with E-state index >= 15 is 0 Å². The van der Waals surface area contributed by atoms with Gasteiger partial charge in [-0.2, -0.15) is 18.3 Å². The second-order valence-corrected chi connectivity index (χ2v) is 5.81. The summed E-state index contributed by atoms with van der Waals surface area (Å²) in [7, 11) is 0. The van der Waals surface area contributed by atoms with Gasteiger partial charge in [-0.15, -0.1) is 0 Å². The molecular weight excluding hydrogens is 331 g/mol. The van der Waals surface area contributed by atoms with Gasteiger partial charge < -0.3 is 5.32 Å². The first kappa shape index (κ1) is 17.0. The van der Waals surface area contributed by atoms with Crippen LogP contribution in [0.2, 0.25) is 0 Å². The van der Waals surface area contributed by atoms with E-state index in [1.54, 1.807) is 5.01 Å². The van der Waals surface area contributed by atoms with Gasteiger partial charge in [-0.3, -0.25) is 9.80 Å². The number of benzene rings is 2. The number of amidine groups is 1. The van der Waals surface area contributed by atoms with E-state index in [1.807, 2.05) is 66.8 Å². The molecule has 0 saturated carbocycles. The zero-order valence-electron chi connectivity index (χ0n) is 13.4. The molecule has 1 N–H and O–H groups in total. The van der Waals surface area contributed by atoms with Crippen LogP contribution < -0.4 is 10.3 Å². The van der Waals surface area contributed by atoms with Crippen molar-refractivity contribution >= 4 is 17.4 Å². The Morgan fingerprint density at radius 1 is 1.08 bits per heavy atom. The number of rotatable bonds is 2. The van der Waals surface area contributed by atoms with E-state index in [4.69, 9.17) is 0 Å². The summed E-state index contributed by atoms with van der Waals surface area (Å²) < 4.78 is 37.0. The summed E-state index contributed by atoms with van der Waals surface area (Å²) >= 11 is 0. The molecule has 1 aliphatic heterocycles. The van der Waals surface area contributed by atoms with Crippen molar-refractivity contribution in [3.63, 3.8) is 0 Å². The largest absolute Gasteiger partial charge is 0.471 e. The third kappa shape index (κ3) is 3.81. The van der Waals surface area contributed by atoms with Gasteiger partial charge in [0, 0.05) is 6.42 Å². The van der Waals surface area contributed by atoms with E-state index in [0.717, 1.165) is 16.8 Å². The maximum absolute atomic E-state index is 12.3. The van der Waals surface area contributed by atoms with Crippen molar-refractivity contribution in [1.29, 1.82) is 0 Å². The number of nitrogens with zero attached hydrogens (tertiary/aromatic N) is 2. The standard InChI is InChI=1S/C18H16F3N3O/c1-12-11-16(22-17(25)18(19,20)21)23-24(12)15-9-7-14(8-10-15)13-5-3-2-4-6-13/h2-10,12H,11H2,1H3,(H,22,23,25). The van der Waals surface area contributed by atoms with Crippen molar-refractivity contribution in [3.05, 3.63) is 54.6 Å². The lowest BCUT2D eigenvalue weighted by Crippen LogP contribution is -2.40. The lowest BCUT2D eigenvalue weighted by Gasteiger charge is -2.20. The second kappa shape index (κ2) is 6.58. The van der Waals surface area contributed by atoms with E-state index in [0.29, 0.717) is 0 Å². The van der Waals surface area contributed by atoms with Crippen LogP contribution in [0.3, 0.4) is 0 Å². The van der Waals surface area contributed by atoms with Gasteiger partial charge in [-0.05, 0) is 30.2 Å². The number of nitrogens with one attached hydrogen (secondary N) is 1. The Morgan fingerprint density at radius 3 is 2.28 bits per heavy atom. The van der Waals surface area contributed by atoms with Gasteiger partial charge in [-0.1, -0.05) is 42.5 Å². The molecule has 3 rings (SSSR count). The summed E-state index contributed by atoms with van der Waals surface area (Å²) in [5.74, 6) is -1.98. The van der Waals surface area contributed by atoms with Gasteiger partial charge in [0.2, 0.25) is 0 Å². The van der Waals surface area contributed by atoms with Crippen molar-refractivity contribution in [1.82, 2.24) is 5.32 Å². The highest BCUT2D eigenvalue weighted by Gasteiger charge is 2.40. The molecule has 2 aromatic rings. The van der Waals surface area contributed by atoms with Gasteiger partial charge in [0.15, 0.2) is 0 Å². The topological polar surface area (TPSA) is 44.7 Å². The Kier molecular flexibility index (Phi) is 4.48. The normalized spacial score (nSPS) is 17.4. The van der Waals surface area contributed by atoms with E-state index in [2.05, 4.69) is 5.10 Å². The molecule has 0 radical (unpaired) electrons. The summed E-state index contributed by atoms with van der Waals surface area (Å²) in [4.78, 5) is 11.0. The number of hydrazone groups is 1. The Balaban J connectivity index is 1.76. The van der Waals surface area contributed by atoms with E-state index < -0.39 is 12.1 Å². The molecule has 1 amide bonds. The van der Waals surface area contributed by atoms with Crippen LogP contribution in [0.25, 0.3) is 11.1 Å². The van der Waals surface area contributed by atoms with Gasteiger partial charge in [0.1, 0.15) is 5.84 Å². The van der Waals surface area contributed by atoms with Crippen LogP contribution in [0.1, 0.15) is 13.3 Å². The summed E-state index contributed by atoms with van der Waals surface area (Å²) in [6.45, 7) is 1.83. The Hall–Kier alpha value is -2.83. The summed E-state index contributed by atoms with van der Waals surface area (Å²) in [5.41, 5.74) is 2.86. The van der Waals surface area contributed by atoms with Crippen molar-refractivity contribution in [3.8, 4) is 11.1 Å². The number of anilines is 1. The molecule has 4 nitrogen and oxygen atoms in total. The van der Waals surface area contributed by atoms with Gasteiger partial charge in [0.05, 0.1) is 11.7 Å². The Bertz CT molecular complexity index is 785. The highest BCUT2D eigenvalue weighted by atomic mass is 19.4. The molecule has 7 heteroatoms. The van der Waals surface area contributed by atoms with Crippen molar-refractivity contribution in [2.75, 3.05) is 5.01 Å². The van der Waals surface area contributed by atoms with Gasteiger partial charge >= 0.3 is 12.1 Å². The third-order valence-electron chi connectivity index (χ3n) is 3.89. The number of hydrogen-bond acceptors (Lipinski definition) is 3. The molecule has 1 atom stereocenters. The molecule has 0 spiro atoms. The summed E-state index contributed by atoms with van der Waals surface area (Å²) in [6.07, 6.45) is -4.68. The first-order valence-corrected chi connectivity index (χ1v) is 7.75.